The fourth-order valence-electron chi connectivity index (χ4n) is 3.98. The van der Waals surface area contributed by atoms with Crippen molar-refractivity contribution in [2.75, 3.05) is 19.6 Å². The zero-order valence-corrected chi connectivity index (χ0v) is 14.1. The Bertz CT molecular complexity index is 310. The molecule has 0 aromatic heterocycles. The summed E-state index contributed by atoms with van der Waals surface area (Å²) in [5.41, 5.74) is 0. The molecule has 3 nitrogen and oxygen atoms in total. The fourth-order valence-corrected chi connectivity index (χ4v) is 3.98. The number of nitrogens with one attached hydrogen (secondary N) is 1. The lowest BCUT2D eigenvalue weighted by Crippen LogP contribution is -2.45. The molecule has 2 rings (SSSR count). The maximum Gasteiger partial charge on any atom is 0.239 e. The maximum absolute atomic E-state index is 12.4. The van der Waals surface area contributed by atoms with Gasteiger partial charge in [0, 0.05) is 13.1 Å². The zero-order chi connectivity index (χ0) is 15.1. The van der Waals surface area contributed by atoms with Gasteiger partial charge in [0.1, 0.15) is 0 Å². The minimum atomic E-state index is -0.0101. The molecule has 21 heavy (non-hydrogen) atoms. The van der Waals surface area contributed by atoms with Crippen LogP contribution >= 0.6 is 0 Å². The van der Waals surface area contributed by atoms with Gasteiger partial charge in [-0.3, -0.25) is 4.79 Å². The molecule has 0 radical (unpaired) electrons. The van der Waals surface area contributed by atoms with Crippen LogP contribution < -0.4 is 5.32 Å². The van der Waals surface area contributed by atoms with E-state index in [1.807, 2.05) is 6.92 Å². The summed E-state index contributed by atoms with van der Waals surface area (Å²) in [4.78, 5) is 14.5. The third-order valence-corrected chi connectivity index (χ3v) is 5.34. The van der Waals surface area contributed by atoms with Crippen LogP contribution in [-0.2, 0) is 4.79 Å². The molecule has 1 amide bonds. The number of carbonyl (C=O) groups excluding carboxylic acids is 1. The highest BCUT2D eigenvalue weighted by molar-refractivity contribution is 5.81. The monoisotopic (exact) mass is 294 g/mol. The summed E-state index contributed by atoms with van der Waals surface area (Å²) < 4.78 is 0. The Hall–Kier alpha value is -0.570. The Balaban J connectivity index is 1.66. The van der Waals surface area contributed by atoms with E-state index in [0.29, 0.717) is 5.91 Å². The van der Waals surface area contributed by atoms with E-state index in [9.17, 15) is 4.79 Å². The normalized spacial score (nSPS) is 29.0. The second-order valence-electron chi connectivity index (χ2n) is 7.34. The van der Waals surface area contributed by atoms with E-state index in [1.165, 1.54) is 57.8 Å². The number of nitrogens with zero attached hydrogens (tertiary/aromatic N) is 1. The maximum atomic E-state index is 12.4. The number of hydrogen-bond acceptors (Lipinski definition) is 2. The van der Waals surface area contributed by atoms with Crippen LogP contribution in [0.1, 0.15) is 71.6 Å². The predicted molar refractivity (Wildman–Crippen MR) is 88.3 cm³/mol. The van der Waals surface area contributed by atoms with Crippen LogP contribution in [0.4, 0.5) is 0 Å². The summed E-state index contributed by atoms with van der Waals surface area (Å²) in [7, 11) is 0. The van der Waals surface area contributed by atoms with Crippen LogP contribution in [0.5, 0.6) is 0 Å². The van der Waals surface area contributed by atoms with Crippen LogP contribution in [-0.4, -0.2) is 36.5 Å². The molecule has 0 aromatic carbocycles. The minimum Gasteiger partial charge on any atom is -0.341 e. The molecule has 0 bridgehead atoms. The second kappa shape index (κ2) is 8.77. The van der Waals surface area contributed by atoms with Crippen molar-refractivity contribution in [3.63, 3.8) is 0 Å². The van der Waals surface area contributed by atoms with E-state index in [4.69, 9.17) is 0 Å². The summed E-state index contributed by atoms with van der Waals surface area (Å²) in [6.45, 7) is 7.34. The smallest absolute Gasteiger partial charge is 0.239 e. The molecule has 1 aliphatic carbocycles. The van der Waals surface area contributed by atoms with Gasteiger partial charge in [0.15, 0.2) is 0 Å². The second-order valence-corrected chi connectivity index (χ2v) is 7.34. The molecule has 3 unspecified atom stereocenters. The predicted octanol–water partition coefficient (Wildman–Crippen LogP) is 3.58. The van der Waals surface area contributed by atoms with Gasteiger partial charge in [0.25, 0.3) is 0 Å². The van der Waals surface area contributed by atoms with E-state index in [-0.39, 0.29) is 6.04 Å². The quantitative estimate of drug-likeness (QED) is 0.840. The Morgan fingerprint density at radius 1 is 1.14 bits per heavy atom. The van der Waals surface area contributed by atoms with E-state index >= 15 is 0 Å². The molecular weight excluding hydrogens is 260 g/mol. The first kappa shape index (κ1) is 16.8. The van der Waals surface area contributed by atoms with Gasteiger partial charge in [-0.25, -0.2) is 0 Å². The molecule has 1 heterocycles. The first-order valence-corrected chi connectivity index (χ1v) is 9.19. The number of carbonyl (C=O) groups is 1. The van der Waals surface area contributed by atoms with Crippen LogP contribution in [0.3, 0.4) is 0 Å². The lowest BCUT2D eigenvalue weighted by Gasteiger charge is -2.28. The molecule has 1 saturated heterocycles. The third kappa shape index (κ3) is 5.61. The van der Waals surface area contributed by atoms with Crippen molar-refractivity contribution in [2.24, 2.45) is 11.8 Å². The molecule has 122 valence electrons. The summed E-state index contributed by atoms with van der Waals surface area (Å²) in [6, 6.07) is -0.0101. The van der Waals surface area contributed by atoms with Crippen molar-refractivity contribution >= 4 is 5.91 Å². The number of likely N-dealkylation sites (tertiary alicyclic amines) is 1. The summed E-state index contributed by atoms with van der Waals surface area (Å²) in [5.74, 6) is 2.09. The van der Waals surface area contributed by atoms with Crippen molar-refractivity contribution in [2.45, 2.75) is 77.7 Å². The van der Waals surface area contributed by atoms with Crippen molar-refractivity contribution < 1.29 is 4.79 Å². The number of hydrogen-bond donors (Lipinski definition) is 1. The van der Waals surface area contributed by atoms with Crippen molar-refractivity contribution in [3.05, 3.63) is 0 Å². The van der Waals surface area contributed by atoms with Gasteiger partial charge in [-0.1, -0.05) is 39.0 Å². The molecular formula is C18H34N2O. The van der Waals surface area contributed by atoms with Gasteiger partial charge >= 0.3 is 0 Å². The van der Waals surface area contributed by atoms with Crippen LogP contribution in [0.15, 0.2) is 0 Å². The van der Waals surface area contributed by atoms with Crippen molar-refractivity contribution in [3.8, 4) is 0 Å². The molecule has 3 heteroatoms. The van der Waals surface area contributed by atoms with Crippen molar-refractivity contribution in [1.29, 1.82) is 0 Å². The molecule has 1 N–H and O–H groups in total. The molecule has 2 aliphatic rings. The molecule has 0 spiro atoms. The molecule has 0 aromatic rings. The summed E-state index contributed by atoms with van der Waals surface area (Å²) >= 11 is 0. The third-order valence-electron chi connectivity index (χ3n) is 5.34. The van der Waals surface area contributed by atoms with Crippen LogP contribution in [0.25, 0.3) is 0 Å². The average Bonchev–Trinajstić information content (AvgIpc) is 2.75. The van der Waals surface area contributed by atoms with E-state index in [1.54, 1.807) is 0 Å². The van der Waals surface area contributed by atoms with E-state index < -0.39 is 0 Å². The first-order chi connectivity index (χ1) is 10.2. The van der Waals surface area contributed by atoms with Crippen LogP contribution in [0.2, 0.25) is 0 Å². The molecule has 1 saturated carbocycles. The summed E-state index contributed by atoms with van der Waals surface area (Å²) in [6.07, 6.45) is 11.7. The first-order valence-electron chi connectivity index (χ1n) is 9.19. The Labute approximate surface area is 130 Å². The van der Waals surface area contributed by atoms with Gasteiger partial charge in [-0.15, -0.1) is 0 Å². The zero-order valence-electron chi connectivity index (χ0n) is 14.1. The largest absolute Gasteiger partial charge is 0.341 e. The van der Waals surface area contributed by atoms with Gasteiger partial charge < -0.3 is 10.2 Å². The fraction of sp³-hybridized carbons (Fsp3) is 0.944. The Kier molecular flexibility index (Phi) is 7.01. The van der Waals surface area contributed by atoms with Gasteiger partial charge in [0.05, 0.1) is 6.04 Å². The number of amides is 1. The molecule has 2 fully saturated rings. The minimum absolute atomic E-state index is 0.0101. The highest BCUT2D eigenvalue weighted by atomic mass is 16.2. The highest BCUT2D eigenvalue weighted by Gasteiger charge is 2.22. The Morgan fingerprint density at radius 2 is 1.86 bits per heavy atom. The summed E-state index contributed by atoms with van der Waals surface area (Å²) in [5, 5.41) is 3.47. The average molecular weight is 294 g/mol. The Morgan fingerprint density at radius 3 is 2.52 bits per heavy atom. The highest BCUT2D eigenvalue weighted by Crippen LogP contribution is 2.30. The standard InChI is InChI=1S/C18H34N2O/c1-15-8-7-9-17(14-15)10-11-19-16(2)18(21)20-12-5-3-4-6-13-20/h15-17,19H,3-14H2,1-2H3. The van der Waals surface area contributed by atoms with Gasteiger partial charge in [-0.05, 0) is 51.0 Å². The molecule has 1 aliphatic heterocycles. The molecule has 3 atom stereocenters. The van der Waals surface area contributed by atoms with E-state index in [2.05, 4.69) is 17.1 Å². The van der Waals surface area contributed by atoms with Crippen molar-refractivity contribution in [1.82, 2.24) is 10.2 Å². The lowest BCUT2D eigenvalue weighted by atomic mass is 9.81. The van der Waals surface area contributed by atoms with Gasteiger partial charge in [0.2, 0.25) is 5.91 Å². The SMILES string of the molecule is CC1CCCC(CCNC(C)C(=O)N2CCCCCC2)C1. The number of rotatable bonds is 5. The van der Waals surface area contributed by atoms with E-state index in [0.717, 1.165) is 31.5 Å². The lowest BCUT2D eigenvalue weighted by molar-refractivity contribution is -0.133. The van der Waals surface area contributed by atoms with Crippen LogP contribution in [0, 0.1) is 11.8 Å². The van der Waals surface area contributed by atoms with Gasteiger partial charge in [-0.2, -0.15) is 0 Å². The topological polar surface area (TPSA) is 32.3 Å².